The number of anilines is 2. The highest BCUT2D eigenvalue weighted by atomic mass is 35.5. The number of pyridine rings is 2. The average Bonchev–Trinajstić information content (AvgIpc) is 3.29. The van der Waals surface area contributed by atoms with E-state index in [2.05, 4.69) is 31.9 Å². The minimum Gasteiger partial charge on any atom is -0.495 e. The maximum atomic E-state index is 12.2. The Hall–Kier alpha value is -3.32. The Morgan fingerprint density at radius 1 is 1.13 bits per heavy atom. The number of halogens is 2. The number of fused-ring (bicyclic) bond motifs is 1. The van der Waals surface area contributed by atoms with Gasteiger partial charge < -0.3 is 24.8 Å². The first-order valence-electron chi connectivity index (χ1n) is 11.2. The number of aromatic nitrogens is 2. The molecule has 0 unspecified atom stereocenters. The van der Waals surface area contributed by atoms with E-state index in [0.717, 1.165) is 6.26 Å². The van der Waals surface area contributed by atoms with E-state index in [-0.39, 0.29) is 39.5 Å². The Morgan fingerprint density at radius 3 is 2.39 bits per heavy atom. The lowest BCUT2D eigenvalue weighted by Crippen LogP contribution is -2.45. The van der Waals surface area contributed by atoms with E-state index in [9.17, 15) is 13.2 Å². The third kappa shape index (κ3) is 5.88. The Labute approximate surface area is 229 Å². The van der Waals surface area contributed by atoms with Gasteiger partial charge in [-0.1, -0.05) is 29.8 Å². The van der Waals surface area contributed by atoms with E-state index < -0.39 is 10.0 Å². The quantitative estimate of drug-likeness (QED) is 0.324. The summed E-state index contributed by atoms with van der Waals surface area (Å²) in [5.74, 6) is 0.755. The van der Waals surface area contributed by atoms with Crippen LogP contribution in [0.3, 0.4) is 0 Å². The van der Waals surface area contributed by atoms with Crippen molar-refractivity contribution in [1.29, 1.82) is 0 Å². The van der Waals surface area contributed by atoms with E-state index in [1.54, 1.807) is 24.4 Å². The molecular weight excluding hydrogens is 557 g/mol. The number of rotatable bonds is 9. The molecular formula is C24H25Cl2N5O6S. The molecule has 0 saturated carbocycles. The van der Waals surface area contributed by atoms with Crippen LogP contribution in [-0.2, 0) is 19.6 Å². The van der Waals surface area contributed by atoms with Gasteiger partial charge in [-0.2, -0.15) is 0 Å². The highest BCUT2D eigenvalue weighted by molar-refractivity contribution is 7.92. The summed E-state index contributed by atoms with van der Waals surface area (Å²) >= 11 is 13.2. The highest BCUT2D eigenvalue weighted by Gasteiger charge is 2.29. The van der Waals surface area contributed by atoms with Crippen LogP contribution in [0.5, 0.6) is 11.5 Å². The fourth-order valence-corrected chi connectivity index (χ4v) is 5.19. The van der Waals surface area contributed by atoms with E-state index in [4.69, 9.17) is 37.4 Å². The first kappa shape index (κ1) is 27.7. The molecule has 3 N–H and O–H groups in total. The van der Waals surface area contributed by atoms with E-state index >= 15 is 0 Å². The SMILES string of the molecule is C=CC(=O)N[C@H]1COC[C@H]1Nc1cc2c(NS(C)(=O)=O)nc(-c3c(Cl)c(OC)cc(OC)c3Cl)cc2cn1. The van der Waals surface area contributed by atoms with Crippen molar-refractivity contribution >= 4 is 61.5 Å². The number of methoxy groups -OCH3 is 2. The topological polar surface area (TPSA) is 141 Å². The van der Waals surface area contributed by atoms with E-state index in [1.165, 1.54) is 20.3 Å². The predicted molar refractivity (Wildman–Crippen MR) is 147 cm³/mol. The summed E-state index contributed by atoms with van der Waals surface area (Å²) < 4.78 is 43.1. The zero-order valence-electron chi connectivity index (χ0n) is 20.7. The van der Waals surface area contributed by atoms with Crippen LogP contribution in [0.2, 0.25) is 10.0 Å². The number of carbonyl (C=O) groups excluding carboxylic acids is 1. The Balaban J connectivity index is 1.81. The number of hydrogen-bond donors (Lipinski definition) is 3. The third-order valence-corrected chi connectivity index (χ3v) is 7.07. The summed E-state index contributed by atoms with van der Waals surface area (Å²) in [5.41, 5.74) is 0.573. The van der Waals surface area contributed by atoms with Gasteiger partial charge in [-0.3, -0.25) is 9.52 Å². The van der Waals surface area contributed by atoms with Gasteiger partial charge in [0.25, 0.3) is 0 Å². The van der Waals surface area contributed by atoms with Crippen LogP contribution in [0.15, 0.2) is 37.1 Å². The summed E-state index contributed by atoms with van der Waals surface area (Å²) in [4.78, 5) is 20.8. The molecule has 0 aliphatic carbocycles. The first-order valence-corrected chi connectivity index (χ1v) is 13.9. The molecule has 1 aliphatic rings. The van der Waals surface area contributed by atoms with Gasteiger partial charge in [0.05, 0.1) is 61.5 Å². The molecule has 0 radical (unpaired) electrons. The highest BCUT2D eigenvalue weighted by Crippen LogP contribution is 2.46. The zero-order chi connectivity index (χ0) is 27.6. The molecule has 1 fully saturated rings. The van der Waals surface area contributed by atoms with Crippen LogP contribution in [0.4, 0.5) is 11.6 Å². The molecule has 2 atom stereocenters. The minimum absolute atomic E-state index is 0.0403. The molecule has 1 aromatic carbocycles. The zero-order valence-corrected chi connectivity index (χ0v) is 23.0. The number of sulfonamides is 1. The van der Waals surface area contributed by atoms with Crippen molar-refractivity contribution in [2.45, 2.75) is 12.1 Å². The third-order valence-electron chi connectivity index (χ3n) is 5.75. The van der Waals surface area contributed by atoms with Crippen LogP contribution in [0, 0.1) is 0 Å². The van der Waals surface area contributed by atoms with Gasteiger partial charge in [-0.05, 0) is 18.2 Å². The molecule has 3 heterocycles. The second-order valence-corrected chi connectivity index (χ2v) is 10.9. The van der Waals surface area contributed by atoms with Gasteiger partial charge in [0.15, 0.2) is 0 Å². The Kier molecular flexibility index (Phi) is 8.16. The van der Waals surface area contributed by atoms with Crippen molar-refractivity contribution in [3.8, 4) is 22.8 Å². The van der Waals surface area contributed by atoms with Crippen LogP contribution in [0.25, 0.3) is 22.0 Å². The molecule has 0 spiro atoms. The lowest BCUT2D eigenvalue weighted by Gasteiger charge is -2.21. The first-order chi connectivity index (χ1) is 18.0. The Morgan fingerprint density at radius 2 is 1.79 bits per heavy atom. The van der Waals surface area contributed by atoms with Crippen molar-refractivity contribution in [2.24, 2.45) is 0 Å². The Bertz CT molecular complexity index is 1490. The van der Waals surface area contributed by atoms with Gasteiger partial charge in [-0.25, -0.2) is 18.4 Å². The molecule has 11 nitrogen and oxygen atoms in total. The molecule has 3 aromatic rings. The van der Waals surface area contributed by atoms with Crippen LogP contribution in [-0.4, -0.2) is 70.1 Å². The maximum absolute atomic E-state index is 12.2. The van der Waals surface area contributed by atoms with Gasteiger partial charge in [-0.15, -0.1) is 0 Å². The molecule has 38 heavy (non-hydrogen) atoms. The largest absolute Gasteiger partial charge is 0.495 e. The fourth-order valence-electron chi connectivity index (χ4n) is 3.99. The fraction of sp³-hybridized carbons (Fsp3) is 0.292. The monoisotopic (exact) mass is 581 g/mol. The molecule has 1 aliphatic heterocycles. The smallest absolute Gasteiger partial charge is 0.243 e. The summed E-state index contributed by atoms with van der Waals surface area (Å²) in [6.07, 6.45) is 3.76. The van der Waals surface area contributed by atoms with Crippen molar-refractivity contribution in [1.82, 2.24) is 15.3 Å². The number of hydrogen-bond acceptors (Lipinski definition) is 9. The number of ether oxygens (including phenoxy) is 3. The molecule has 0 bridgehead atoms. The number of benzene rings is 1. The van der Waals surface area contributed by atoms with Gasteiger partial charge >= 0.3 is 0 Å². The number of nitrogens with one attached hydrogen (secondary N) is 3. The van der Waals surface area contributed by atoms with Gasteiger partial charge in [0, 0.05) is 28.6 Å². The van der Waals surface area contributed by atoms with Gasteiger partial charge in [0.1, 0.15) is 23.1 Å². The molecule has 14 heteroatoms. The summed E-state index contributed by atoms with van der Waals surface area (Å²) in [6.45, 7) is 4.12. The van der Waals surface area contributed by atoms with Crippen LogP contribution in [0.1, 0.15) is 0 Å². The number of amides is 1. The second-order valence-electron chi connectivity index (χ2n) is 8.41. The predicted octanol–water partition coefficient (Wildman–Crippen LogP) is 3.47. The van der Waals surface area contributed by atoms with Crippen molar-refractivity contribution in [2.75, 3.05) is 43.7 Å². The summed E-state index contributed by atoms with van der Waals surface area (Å²) in [6, 6.07) is 4.29. The summed E-state index contributed by atoms with van der Waals surface area (Å²) in [5, 5.41) is 7.41. The molecule has 202 valence electrons. The standard InChI is InChI=1S/C24H25Cl2N5O6S/c1-5-20(32)29-16-11-37-10-15(16)28-19-7-13-12(9-27-19)6-14(30-24(13)31-38(4,33)34)21-22(25)17(35-2)8-18(36-3)23(21)26/h5-9,15-16H,1,10-11H2,2-4H3,(H,27,28)(H,29,32)(H,30,31)/t15-,16+/m1/s1. The number of nitrogens with zero attached hydrogens (tertiary/aromatic N) is 2. The molecule has 4 rings (SSSR count). The average molecular weight is 582 g/mol. The van der Waals surface area contributed by atoms with Gasteiger partial charge in [0.2, 0.25) is 15.9 Å². The van der Waals surface area contributed by atoms with Crippen LogP contribution < -0.4 is 24.8 Å². The second kappa shape index (κ2) is 11.2. The van der Waals surface area contributed by atoms with Crippen molar-refractivity contribution in [3.63, 3.8) is 0 Å². The molecule has 2 aromatic heterocycles. The lowest BCUT2D eigenvalue weighted by molar-refractivity contribution is -0.117. The van der Waals surface area contributed by atoms with Crippen molar-refractivity contribution < 1.29 is 27.4 Å². The van der Waals surface area contributed by atoms with E-state index in [1.807, 2.05) is 0 Å². The van der Waals surface area contributed by atoms with Crippen LogP contribution >= 0.6 is 23.2 Å². The summed E-state index contributed by atoms with van der Waals surface area (Å²) in [7, 11) is -0.823. The normalized spacial score (nSPS) is 17.2. The van der Waals surface area contributed by atoms with E-state index in [0.29, 0.717) is 46.9 Å². The van der Waals surface area contributed by atoms with Crippen molar-refractivity contribution in [3.05, 3.63) is 47.1 Å². The maximum Gasteiger partial charge on any atom is 0.243 e. The molecule has 1 saturated heterocycles. The lowest BCUT2D eigenvalue weighted by atomic mass is 10.1. The minimum atomic E-state index is -3.72. The molecule has 1 amide bonds. The number of carbonyl (C=O) groups is 1.